The van der Waals surface area contributed by atoms with Crippen LogP contribution in [-0.4, -0.2) is 47.7 Å². The third-order valence-electron chi connectivity index (χ3n) is 7.92. The first kappa shape index (κ1) is 24.8. The summed E-state index contributed by atoms with van der Waals surface area (Å²) >= 11 is 1.64. The molecule has 1 aromatic heterocycles. The number of thiophene rings is 1. The van der Waals surface area contributed by atoms with Gasteiger partial charge < -0.3 is 4.90 Å². The summed E-state index contributed by atoms with van der Waals surface area (Å²) < 4.78 is 0. The number of benzene rings is 3. The van der Waals surface area contributed by atoms with Gasteiger partial charge in [-0.3, -0.25) is 9.69 Å². The summed E-state index contributed by atoms with van der Waals surface area (Å²) in [6.07, 6.45) is 3.31. The molecule has 0 bridgehead atoms. The van der Waals surface area contributed by atoms with E-state index in [9.17, 15) is 4.79 Å². The molecule has 0 radical (unpaired) electrons. The molecule has 6 rings (SSSR count). The Kier molecular flexibility index (Phi) is 7.21. The summed E-state index contributed by atoms with van der Waals surface area (Å²) in [5.41, 5.74) is 2.23. The van der Waals surface area contributed by atoms with Gasteiger partial charge in [0, 0.05) is 6.54 Å². The van der Waals surface area contributed by atoms with E-state index < -0.39 is 5.54 Å². The van der Waals surface area contributed by atoms with Crippen molar-refractivity contribution in [2.75, 3.05) is 26.2 Å². The van der Waals surface area contributed by atoms with Crippen LogP contribution in [0.25, 0.3) is 0 Å². The van der Waals surface area contributed by atoms with Crippen molar-refractivity contribution >= 4 is 23.1 Å². The summed E-state index contributed by atoms with van der Waals surface area (Å²) in [6, 6.07) is 35.1. The van der Waals surface area contributed by atoms with Gasteiger partial charge in [0.1, 0.15) is 5.84 Å². The summed E-state index contributed by atoms with van der Waals surface area (Å²) in [5.74, 6) is 1.49. The highest BCUT2D eigenvalue weighted by Crippen LogP contribution is 2.41. The molecule has 2 aliphatic rings. The third-order valence-corrected chi connectivity index (χ3v) is 8.79. The monoisotopic (exact) mass is 519 g/mol. The minimum Gasteiger partial charge on any atom is -0.303 e. The molecule has 5 heteroatoms. The number of hydrogen-bond donors (Lipinski definition) is 0. The molecule has 1 amide bonds. The highest BCUT2D eigenvalue weighted by atomic mass is 32.1. The van der Waals surface area contributed by atoms with Crippen LogP contribution in [0.1, 0.15) is 46.7 Å². The van der Waals surface area contributed by atoms with Gasteiger partial charge in [-0.15, -0.1) is 11.3 Å². The van der Waals surface area contributed by atoms with Crippen LogP contribution in [-0.2, 0) is 10.3 Å². The van der Waals surface area contributed by atoms with Crippen molar-refractivity contribution in [1.29, 1.82) is 0 Å². The van der Waals surface area contributed by atoms with Gasteiger partial charge in [-0.25, -0.2) is 4.99 Å². The van der Waals surface area contributed by atoms with E-state index in [-0.39, 0.29) is 5.91 Å². The Hall–Kier alpha value is -3.54. The number of aliphatic imine (C=N–C) groups is 1. The van der Waals surface area contributed by atoms with E-state index >= 15 is 0 Å². The third kappa shape index (κ3) is 4.72. The maximum absolute atomic E-state index is 14.4. The number of carbonyl (C=O) groups is 1. The summed E-state index contributed by atoms with van der Waals surface area (Å²) in [6.45, 7) is 3.87. The summed E-state index contributed by atoms with van der Waals surface area (Å²) in [5, 5.41) is 2.06. The molecule has 2 aliphatic heterocycles. The van der Waals surface area contributed by atoms with E-state index in [4.69, 9.17) is 4.99 Å². The standard InChI is InChI=1S/C33H33N3OS/c37-32-33(28-14-6-2-7-15-28,29-16-8-3-9-17-29)34-31(30-18-10-25-38-30)36(32)22-11-21-35-23-19-27(20-24-35)26-12-4-1-5-13-26/h1-10,12-18,25,27H,11,19-24H2. The average molecular weight is 520 g/mol. The fourth-order valence-corrected chi connectivity index (χ4v) is 6.65. The quantitative estimate of drug-likeness (QED) is 0.265. The van der Waals surface area contributed by atoms with Gasteiger partial charge in [0.2, 0.25) is 0 Å². The fourth-order valence-electron chi connectivity index (χ4n) is 5.93. The summed E-state index contributed by atoms with van der Waals surface area (Å²) in [4.78, 5) is 25.2. The Labute approximate surface area is 229 Å². The Morgan fingerprint density at radius 2 is 1.37 bits per heavy atom. The molecule has 4 nitrogen and oxygen atoms in total. The molecule has 0 aliphatic carbocycles. The largest absolute Gasteiger partial charge is 0.303 e. The molecule has 0 unspecified atom stereocenters. The Bertz CT molecular complexity index is 1320. The number of rotatable bonds is 8. The van der Waals surface area contributed by atoms with Crippen LogP contribution >= 0.6 is 11.3 Å². The average Bonchev–Trinajstić information content (AvgIpc) is 3.62. The van der Waals surface area contributed by atoms with Crippen molar-refractivity contribution in [3.8, 4) is 0 Å². The van der Waals surface area contributed by atoms with Gasteiger partial charge in [-0.2, -0.15) is 0 Å². The van der Waals surface area contributed by atoms with Gasteiger partial charge in [-0.05, 0) is 73.0 Å². The van der Waals surface area contributed by atoms with Crippen LogP contribution in [0.5, 0.6) is 0 Å². The minimum absolute atomic E-state index is 0.0427. The van der Waals surface area contributed by atoms with E-state index in [1.165, 1.54) is 18.4 Å². The molecule has 0 saturated carbocycles. The second kappa shape index (κ2) is 11.1. The van der Waals surface area contributed by atoms with Crippen LogP contribution in [0, 0.1) is 0 Å². The first-order valence-electron chi connectivity index (χ1n) is 13.6. The number of amides is 1. The lowest BCUT2D eigenvalue weighted by atomic mass is 9.83. The van der Waals surface area contributed by atoms with Gasteiger partial charge in [-0.1, -0.05) is 97.1 Å². The fraction of sp³-hybridized carbons (Fsp3) is 0.273. The minimum atomic E-state index is -1.06. The number of nitrogens with zero attached hydrogens (tertiary/aromatic N) is 3. The molecule has 3 aromatic carbocycles. The molecule has 3 heterocycles. The second-order valence-corrected chi connectivity index (χ2v) is 11.1. The molecule has 1 saturated heterocycles. The predicted octanol–water partition coefficient (Wildman–Crippen LogP) is 6.55. The van der Waals surface area contributed by atoms with Crippen LogP contribution in [0.15, 0.2) is 114 Å². The number of piperidine rings is 1. The van der Waals surface area contributed by atoms with Gasteiger partial charge in [0.05, 0.1) is 4.88 Å². The van der Waals surface area contributed by atoms with Gasteiger partial charge >= 0.3 is 0 Å². The van der Waals surface area contributed by atoms with Crippen molar-refractivity contribution in [1.82, 2.24) is 9.80 Å². The lowest BCUT2D eigenvalue weighted by Gasteiger charge is -2.33. The van der Waals surface area contributed by atoms with Crippen molar-refractivity contribution < 1.29 is 4.79 Å². The topological polar surface area (TPSA) is 35.9 Å². The van der Waals surface area contributed by atoms with Crippen molar-refractivity contribution in [3.05, 3.63) is 130 Å². The van der Waals surface area contributed by atoms with Crippen LogP contribution in [0.3, 0.4) is 0 Å². The van der Waals surface area contributed by atoms with Gasteiger partial charge in [0.25, 0.3) is 5.91 Å². The molecule has 0 atom stereocenters. The van der Waals surface area contributed by atoms with Crippen LogP contribution in [0.4, 0.5) is 0 Å². The highest BCUT2D eigenvalue weighted by Gasteiger charge is 2.51. The second-order valence-electron chi connectivity index (χ2n) is 10.2. The molecule has 0 N–H and O–H groups in total. The first-order chi connectivity index (χ1) is 18.8. The highest BCUT2D eigenvalue weighted by molar-refractivity contribution is 7.12. The van der Waals surface area contributed by atoms with Crippen molar-refractivity contribution in [3.63, 3.8) is 0 Å². The number of likely N-dealkylation sites (tertiary alicyclic amines) is 1. The van der Waals surface area contributed by atoms with Crippen molar-refractivity contribution in [2.45, 2.75) is 30.7 Å². The van der Waals surface area contributed by atoms with E-state index in [0.29, 0.717) is 12.5 Å². The smallest absolute Gasteiger partial charge is 0.265 e. The number of hydrogen-bond acceptors (Lipinski definition) is 4. The predicted molar refractivity (Wildman–Crippen MR) is 156 cm³/mol. The maximum atomic E-state index is 14.4. The lowest BCUT2D eigenvalue weighted by Crippen LogP contribution is -2.43. The zero-order chi connectivity index (χ0) is 25.8. The zero-order valence-electron chi connectivity index (χ0n) is 21.6. The molecule has 4 aromatic rings. The van der Waals surface area contributed by atoms with Crippen molar-refractivity contribution in [2.24, 2.45) is 4.99 Å². The normalized spacial score (nSPS) is 18.1. The molecule has 0 spiro atoms. The molecule has 192 valence electrons. The molecular formula is C33H33N3OS. The number of carbonyl (C=O) groups excluding carboxylic acids is 1. The molecule has 38 heavy (non-hydrogen) atoms. The molecular weight excluding hydrogens is 486 g/mol. The van der Waals surface area contributed by atoms with E-state index in [0.717, 1.165) is 47.9 Å². The Morgan fingerprint density at radius 1 is 0.763 bits per heavy atom. The maximum Gasteiger partial charge on any atom is 0.265 e. The lowest BCUT2D eigenvalue weighted by molar-refractivity contribution is -0.130. The number of amidine groups is 1. The summed E-state index contributed by atoms with van der Waals surface area (Å²) in [7, 11) is 0. The Morgan fingerprint density at radius 3 is 1.95 bits per heavy atom. The first-order valence-corrected chi connectivity index (χ1v) is 14.5. The Balaban J connectivity index is 1.21. The van der Waals surface area contributed by atoms with E-state index in [2.05, 4.69) is 46.7 Å². The zero-order valence-corrected chi connectivity index (χ0v) is 22.4. The van der Waals surface area contributed by atoms with Gasteiger partial charge in [0.15, 0.2) is 5.54 Å². The SMILES string of the molecule is O=C1N(CCCN2CCC(c3ccccc3)CC2)C(c2cccs2)=NC1(c1ccccc1)c1ccccc1. The van der Waals surface area contributed by atoms with Crippen LogP contribution in [0.2, 0.25) is 0 Å². The van der Waals surface area contributed by atoms with E-state index in [1.54, 1.807) is 11.3 Å². The molecule has 1 fully saturated rings. The van der Waals surface area contributed by atoms with Crippen LogP contribution < -0.4 is 0 Å². The van der Waals surface area contributed by atoms with E-state index in [1.807, 2.05) is 71.6 Å².